The molecule has 0 aromatic heterocycles. The summed E-state index contributed by atoms with van der Waals surface area (Å²) in [4.78, 5) is 0. The van der Waals surface area contributed by atoms with E-state index in [2.05, 4.69) is 152 Å². The standard InChI is InChI=1S/C35H40P2/c1-25(37(34(2,3)4)35(5,6)7)28-21-14-24-31(28)36(32-22-12-17-26-15-8-10-19-29(26)32)33-23-13-18-27-16-9-11-20-30(27)33/h8-25,31H,1-7H3. The molecule has 0 bridgehead atoms. The van der Waals surface area contributed by atoms with Gasteiger partial charge in [0.2, 0.25) is 0 Å². The van der Waals surface area contributed by atoms with E-state index in [4.69, 9.17) is 0 Å². The fraction of sp³-hybridized carbons (Fsp3) is 0.314. The van der Waals surface area contributed by atoms with E-state index in [0.717, 1.165) is 0 Å². The lowest BCUT2D eigenvalue weighted by Crippen LogP contribution is -2.33. The van der Waals surface area contributed by atoms with Crippen LogP contribution in [0.2, 0.25) is 0 Å². The highest BCUT2D eigenvalue weighted by molar-refractivity contribution is 7.75. The second kappa shape index (κ2) is 10.1. The zero-order valence-electron chi connectivity index (χ0n) is 23.4. The van der Waals surface area contributed by atoms with Crippen LogP contribution < -0.4 is 10.6 Å². The lowest BCUT2D eigenvalue weighted by Gasteiger charge is -2.47. The van der Waals surface area contributed by atoms with E-state index in [0.29, 0.717) is 11.3 Å². The lowest BCUT2D eigenvalue weighted by atomic mass is 10.1. The zero-order valence-corrected chi connectivity index (χ0v) is 25.2. The van der Waals surface area contributed by atoms with Gasteiger partial charge in [0, 0.05) is 5.66 Å². The van der Waals surface area contributed by atoms with Crippen molar-refractivity contribution in [1.29, 1.82) is 0 Å². The molecule has 1 aliphatic rings. The topological polar surface area (TPSA) is 0 Å². The van der Waals surface area contributed by atoms with E-state index in [1.807, 2.05) is 0 Å². The van der Waals surface area contributed by atoms with Gasteiger partial charge in [-0.25, -0.2) is 0 Å². The molecule has 5 rings (SSSR count). The van der Waals surface area contributed by atoms with Gasteiger partial charge in [-0.1, -0.05) is 165 Å². The Hall–Kier alpha value is -2.26. The third kappa shape index (κ3) is 5.09. The second-order valence-electron chi connectivity index (χ2n) is 12.3. The van der Waals surface area contributed by atoms with Gasteiger partial charge >= 0.3 is 0 Å². The fourth-order valence-electron chi connectivity index (χ4n) is 6.69. The van der Waals surface area contributed by atoms with Crippen LogP contribution in [0.4, 0.5) is 0 Å². The summed E-state index contributed by atoms with van der Waals surface area (Å²) in [6, 6.07) is 31.8. The Kier molecular flexibility index (Phi) is 7.22. The minimum absolute atomic E-state index is 0.271. The van der Waals surface area contributed by atoms with Gasteiger partial charge in [0.1, 0.15) is 0 Å². The second-order valence-corrected chi connectivity index (χ2v) is 18.7. The van der Waals surface area contributed by atoms with E-state index >= 15 is 0 Å². The highest BCUT2D eigenvalue weighted by Crippen LogP contribution is 2.66. The molecule has 2 heteroatoms. The highest BCUT2D eigenvalue weighted by Gasteiger charge is 2.42. The van der Waals surface area contributed by atoms with Crippen molar-refractivity contribution in [2.45, 2.75) is 70.1 Å². The summed E-state index contributed by atoms with van der Waals surface area (Å²) in [5.41, 5.74) is 2.57. The summed E-state index contributed by atoms with van der Waals surface area (Å²) in [6.45, 7) is 17.3. The van der Waals surface area contributed by atoms with Gasteiger partial charge in [-0.2, -0.15) is 0 Å². The van der Waals surface area contributed by atoms with Crippen molar-refractivity contribution in [2.24, 2.45) is 0 Å². The summed E-state index contributed by atoms with van der Waals surface area (Å²) < 4.78 is 0. The monoisotopic (exact) mass is 522 g/mol. The number of allylic oxidation sites excluding steroid dienone is 4. The highest BCUT2D eigenvalue weighted by atomic mass is 31.1. The summed E-state index contributed by atoms with van der Waals surface area (Å²) in [5, 5.41) is 9.01. The van der Waals surface area contributed by atoms with E-state index in [1.54, 1.807) is 5.57 Å². The van der Waals surface area contributed by atoms with Crippen LogP contribution >= 0.6 is 15.8 Å². The number of benzene rings is 4. The Morgan fingerprint density at radius 2 is 1.08 bits per heavy atom. The van der Waals surface area contributed by atoms with Gasteiger partial charge in [0.25, 0.3) is 0 Å². The summed E-state index contributed by atoms with van der Waals surface area (Å²) in [7, 11) is -0.936. The quantitative estimate of drug-likeness (QED) is 0.229. The van der Waals surface area contributed by atoms with Crippen molar-refractivity contribution < 1.29 is 0 Å². The SMILES string of the molecule is CC(C1=CC=CC1P(c1cccc2ccccc12)c1cccc2ccccc12)P(C(C)(C)C)C(C)(C)C. The maximum absolute atomic E-state index is 2.52. The number of hydrogen-bond donors (Lipinski definition) is 0. The van der Waals surface area contributed by atoms with E-state index in [1.165, 1.54) is 32.2 Å². The predicted molar refractivity (Wildman–Crippen MR) is 171 cm³/mol. The van der Waals surface area contributed by atoms with Crippen molar-refractivity contribution in [1.82, 2.24) is 0 Å². The third-order valence-electron chi connectivity index (χ3n) is 7.57. The molecule has 2 unspecified atom stereocenters. The molecular formula is C35H40P2. The third-order valence-corrected chi connectivity index (χ3v) is 14.4. The Morgan fingerprint density at radius 3 is 1.57 bits per heavy atom. The van der Waals surface area contributed by atoms with Crippen LogP contribution in [0.15, 0.2) is 109 Å². The maximum Gasteiger partial charge on any atom is 0.0273 e. The van der Waals surface area contributed by atoms with Crippen LogP contribution in [0.1, 0.15) is 48.5 Å². The van der Waals surface area contributed by atoms with Crippen LogP contribution in [-0.2, 0) is 0 Å². The normalized spacial score (nSPS) is 17.2. The Bertz CT molecular complexity index is 1370. The molecule has 0 radical (unpaired) electrons. The molecule has 0 spiro atoms. The molecule has 0 amide bonds. The molecule has 4 aromatic carbocycles. The van der Waals surface area contributed by atoms with Crippen molar-refractivity contribution in [2.75, 3.05) is 0 Å². The number of fused-ring (bicyclic) bond motifs is 2. The molecule has 0 fully saturated rings. The van der Waals surface area contributed by atoms with E-state index in [9.17, 15) is 0 Å². The first-order chi connectivity index (χ1) is 17.6. The first kappa shape index (κ1) is 26.4. The van der Waals surface area contributed by atoms with Crippen molar-refractivity contribution in [3.63, 3.8) is 0 Å². The van der Waals surface area contributed by atoms with Gasteiger partial charge < -0.3 is 0 Å². The molecule has 37 heavy (non-hydrogen) atoms. The molecule has 190 valence electrons. The summed E-state index contributed by atoms with van der Waals surface area (Å²) in [5.74, 6) is 0. The Balaban J connectivity index is 1.72. The molecule has 1 aliphatic carbocycles. The van der Waals surface area contributed by atoms with E-state index < -0.39 is 7.92 Å². The average molecular weight is 523 g/mol. The average Bonchev–Trinajstić information content (AvgIpc) is 3.32. The van der Waals surface area contributed by atoms with Crippen molar-refractivity contribution in [3.8, 4) is 0 Å². The van der Waals surface area contributed by atoms with Crippen LogP contribution in [0.25, 0.3) is 21.5 Å². The van der Waals surface area contributed by atoms with Gasteiger partial charge in [0.15, 0.2) is 0 Å². The minimum atomic E-state index is -0.665. The Labute approximate surface area is 226 Å². The molecule has 0 N–H and O–H groups in total. The van der Waals surface area contributed by atoms with Crippen LogP contribution in [0.5, 0.6) is 0 Å². The van der Waals surface area contributed by atoms with Crippen LogP contribution in [0, 0.1) is 0 Å². The smallest absolute Gasteiger partial charge is 0.0273 e. The van der Waals surface area contributed by atoms with E-state index in [-0.39, 0.29) is 18.2 Å². The molecular weight excluding hydrogens is 482 g/mol. The number of hydrogen-bond acceptors (Lipinski definition) is 0. The lowest BCUT2D eigenvalue weighted by molar-refractivity contribution is 0.693. The largest absolute Gasteiger partial charge is 0.0885 e. The first-order valence-electron chi connectivity index (χ1n) is 13.5. The summed E-state index contributed by atoms with van der Waals surface area (Å²) in [6.07, 6.45) is 7.33. The fourth-order valence-corrected chi connectivity index (χ4v) is 14.8. The van der Waals surface area contributed by atoms with Crippen LogP contribution in [-0.4, -0.2) is 21.6 Å². The zero-order chi connectivity index (χ0) is 26.4. The molecule has 2 atom stereocenters. The Morgan fingerprint density at radius 1 is 0.622 bits per heavy atom. The first-order valence-corrected chi connectivity index (χ1v) is 16.3. The van der Waals surface area contributed by atoms with Crippen molar-refractivity contribution >= 4 is 48.0 Å². The molecule has 0 aliphatic heterocycles. The molecule has 0 nitrogen and oxygen atoms in total. The van der Waals surface area contributed by atoms with Gasteiger partial charge in [0.05, 0.1) is 0 Å². The minimum Gasteiger partial charge on any atom is -0.0885 e. The van der Waals surface area contributed by atoms with Gasteiger partial charge in [-0.15, -0.1) is 0 Å². The summed E-state index contributed by atoms with van der Waals surface area (Å²) >= 11 is 0. The maximum atomic E-state index is 2.52. The van der Waals surface area contributed by atoms with Crippen molar-refractivity contribution in [3.05, 3.63) is 109 Å². The van der Waals surface area contributed by atoms with Gasteiger partial charge in [-0.3, -0.25) is 0 Å². The molecule has 0 heterocycles. The predicted octanol–water partition coefficient (Wildman–Crippen LogP) is 9.76. The van der Waals surface area contributed by atoms with Crippen LogP contribution in [0.3, 0.4) is 0 Å². The van der Waals surface area contributed by atoms with Gasteiger partial charge in [-0.05, 0) is 56.0 Å². The molecule has 0 saturated carbocycles. The molecule has 4 aromatic rings. The number of rotatable bonds is 5. The molecule has 0 saturated heterocycles.